The SMILES string of the molecule is CCc1occc1C(=O)N1CCSc2ccc(N)cc21. The van der Waals surface area contributed by atoms with Crippen LogP contribution in [0.15, 0.2) is 39.8 Å². The number of nitrogen functional groups attached to an aromatic ring is 1. The summed E-state index contributed by atoms with van der Waals surface area (Å²) in [5, 5.41) is 0. The van der Waals surface area contributed by atoms with Crippen molar-refractivity contribution in [2.75, 3.05) is 22.9 Å². The number of carbonyl (C=O) groups is 1. The molecule has 0 fully saturated rings. The number of fused-ring (bicyclic) bond motifs is 1. The number of hydrogen-bond donors (Lipinski definition) is 1. The molecule has 0 radical (unpaired) electrons. The van der Waals surface area contributed by atoms with Crippen LogP contribution in [0, 0.1) is 0 Å². The third-order valence-electron chi connectivity index (χ3n) is 3.39. The number of hydrogen-bond acceptors (Lipinski definition) is 4. The second-order valence-electron chi connectivity index (χ2n) is 4.64. The molecule has 1 aromatic heterocycles. The Morgan fingerprint density at radius 3 is 3.10 bits per heavy atom. The molecule has 1 aliphatic rings. The summed E-state index contributed by atoms with van der Waals surface area (Å²) in [6, 6.07) is 7.46. The molecule has 2 N–H and O–H groups in total. The first kappa shape index (κ1) is 13.1. The van der Waals surface area contributed by atoms with Crippen LogP contribution in [-0.4, -0.2) is 18.2 Å². The molecule has 0 saturated heterocycles. The summed E-state index contributed by atoms with van der Waals surface area (Å²) in [6.45, 7) is 2.67. The highest BCUT2D eigenvalue weighted by Gasteiger charge is 2.26. The number of carbonyl (C=O) groups excluding carboxylic acids is 1. The molecular formula is C15H16N2O2S. The fourth-order valence-corrected chi connectivity index (χ4v) is 3.37. The molecule has 1 aromatic carbocycles. The molecule has 0 unspecified atom stereocenters. The van der Waals surface area contributed by atoms with Crippen molar-refractivity contribution in [3.05, 3.63) is 41.9 Å². The number of furan rings is 1. The molecule has 4 nitrogen and oxygen atoms in total. The molecule has 104 valence electrons. The summed E-state index contributed by atoms with van der Waals surface area (Å²) in [5.41, 5.74) is 8.07. The quantitative estimate of drug-likeness (QED) is 0.862. The van der Waals surface area contributed by atoms with E-state index < -0.39 is 0 Å². The first-order valence-corrected chi connectivity index (χ1v) is 7.60. The molecule has 1 aliphatic heterocycles. The molecule has 2 aromatic rings. The Balaban J connectivity index is 2.00. The van der Waals surface area contributed by atoms with Crippen LogP contribution in [0.3, 0.4) is 0 Å². The molecule has 20 heavy (non-hydrogen) atoms. The maximum Gasteiger partial charge on any atom is 0.261 e. The fraction of sp³-hybridized carbons (Fsp3) is 0.267. The molecule has 0 bridgehead atoms. The van der Waals surface area contributed by atoms with Crippen LogP contribution in [0.4, 0.5) is 11.4 Å². The van der Waals surface area contributed by atoms with Crippen molar-refractivity contribution >= 4 is 29.0 Å². The highest BCUT2D eigenvalue weighted by atomic mass is 32.2. The average molecular weight is 288 g/mol. The largest absolute Gasteiger partial charge is 0.469 e. The van der Waals surface area contributed by atoms with Crippen LogP contribution in [0.25, 0.3) is 0 Å². The zero-order valence-corrected chi connectivity index (χ0v) is 12.1. The molecule has 0 aliphatic carbocycles. The van der Waals surface area contributed by atoms with Gasteiger partial charge in [0.15, 0.2) is 0 Å². The van der Waals surface area contributed by atoms with Crippen molar-refractivity contribution < 1.29 is 9.21 Å². The summed E-state index contributed by atoms with van der Waals surface area (Å²) >= 11 is 1.75. The Morgan fingerprint density at radius 1 is 1.45 bits per heavy atom. The fourth-order valence-electron chi connectivity index (χ4n) is 2.40. The predicted molar refractivity (Wildman–Crippen MR) is 81.3 cm³/mol. The van der Waals surface area contributed by atoms with Crippen molar-refractivity contribution in [3.8, 4) is 0 Å². The lowest BCUT2D eigenvalue weighted by Gasteiger charge is -2.29. The molecule has 0 spiro atoms. The van der Waals surface area contributed by atoms with Gasteiger partial charge in [-0.15, -0.1) is 11.8 Å². The molecule has 0 atom stereocenters. The van der Waals surface area contributed by atoms with Gasteiger partial charge < -0.3 is 15.1 Å². The Bertz CT molecular complexity index is 651. The van der Waals surface area contributed by atoms with E-state index in [-0.39, 0.29) is 5.91 Å². The zero-order valence-electron chi connectivity index (χ0n) is 11.3. The Labute approximate surface area is 121 Å². The van der Waals surface area contributed by atoms with E-state index in [0.717, 1.165) is 22.1 Å². The summed E-state index contributed by atoms with van der Waals surface area (Å²) in [4.78, 5) is 15.6. The van der Waals surface area contributed by atoms with Gasteiger partial charge >= 0.3 is 0 Å². The summed E-state index contributed by atoms with van der Waals surface area (Å²) < 4.78 is 5.36. The summed E-state index contributed by atoms with van der Waals surface area (Å²) in [5.74, 6) is 1.61. The van der Waals surface area contributed by atoms with Crippen LogP contribution < -0.4 is 10.6 Å². The maximum atomic E-state index is 12.7. The lowest BCUT2D eigenvalue weighted by Crippen LogP contribution is -2.35. The van der Waals surface area contributed by atoms with E-state index in [4.69, 9.17) is 10.2 Å². The second-order valence-corrected chi connectivity index (χ2v) is 5.78. The third kappa shape index (κ3) is 2.18. The van der Waals surface area contributed by atoms with Gasteiger partial charge in [0, 0.05) is 29.3 Å². The van der Waals surface area contributed by atoms with E-state index in [1.807, 2.05) is 25.1 Å². The van der Waals surface area contributed by atoms with Gasteiger partial charge in [-0.25, -0.2) is 0 Å². The molecule has 1 amide bonds. The molecule has 0 saturated carbocycles. The Kier molecular flexibility index (Phi) is 3.44. The van der Waals surface area contributed by atoms with Gasteiger partial charge in [0.05, 0.1) is 17.5 Å². The van der Waals surface area contributed by atoms with Gasteiger partial charge in [-0.05, 0) is 24.3 Å². The number of aryl methyl sites for hydroxylation is 1. The smallest absolute Gasteiger partial charge is 0.261 e. The molecular weight excluding hydrogens is 272 g/mol. The van der Waals surface area contributed by atoms with Crippen LogP contribution in [0.1, 0.15) is 23.0 Å². The van der Waals surface area contributed by atoms with Crippen molar-refractivity contribution in [2.45, 2.75) is 18.2 Å². The molecule has 5 heteroatoms. The predicted octanol–water partition coefficient (Wildman–Crippen LogP) is 3.18. The normalized spacial score (nSPS) is 14.2. The molecule has 3 rings (SSSR count). The number of thioether (sulfide) groups is 1. The van der Waals surface area contributed by atoms with E-state index in [2.05, 4.69) is 0 Å². The van der Waals surface area contributed by atoms with E-state index in [0.29, 0.717) is 24.2 Å². The lowest BCUT2D eigenvalue weighted by molar-refractivity contribution is 0.0986. The minimum absolute atomic E-state index is 0.0113. The number of benzene rings is 1. The van der Waals surface area contributed by atoms with Crippen LogP contribution in [0.2, 0.25) is 0 Å². The summed E-state index contributed by atoms with van der Waals surface area (Å²) in [7, 11) is 0. The van der Waals surface area contributed by atoms with Gasteiger partial charge in [-0.3, -0.25) is 4.79 Å². The standard InChI is InChI=1S/C15H16N2O2S/c1-2-13-11(5-7-19-13)15(18)17-6-8-20-14-4-3-10(16)9-12(14)17/h3-5,7,9H,2,6,8,16H2,1H3. The van der Waals surface area contributed by atoms with Gasteiger partial charge in [0.25, 0.3) is 5.91 Å². The van der Waals surface area contributed by atoms with Crippen LogP contribution >= 0.6 is 11.8 Å². The number of nitrogens with two attached hydrogens (primary N) is 1. The maximum absolute atomic E-state index is 12.7. The topological polar surface area (TPSA) is 59.5 Å². The Hall–Kier alpha value is -1.88. The first-order chi connectivity index (χ1) is 9.70. The van der Waals surface area contributed by atoms with Gasteiger partial charge in [0.2, 0.25) is 0 Å². The number of rotatable bonds is 2. The number of amides is 1. The van der Waals surface area contributed by atoms with E-state index >= 15 is 0 Å². The molecule has 2 heterocycles. The zero-order chi connectivity index (χ0) is 14.1. The van der Waals surface area contributed by atoms with Crippen LogP contribution in [-0.2, 0) is 6.42 Å². The van der Waals surface area contributed by atoms with Gasteiger partial charge in [0.1, 0.15) is 5.76 Å². The minimum Gasteiger partial charge on any atom is -0.469 e. The Morgan fingerprint density at radius 2 is 2.30 bits per heavy atom. The number of anilines is 2. The number of nitrogens with zero attached hydrogens (tertiary/aromatic N) is 1. The van der Waals surface area contributed by atoms with E-state index in [1.165, 1.54) is 0 Å². The van der Waals surface area contributed by atoms with E-state index in [1.54, 1.807) is 29.0 Å². The van der Waals surface area contributed by atoms with Gasteiger partial charge in [-0.1, -0.05) is 6.92 Å². The van der Waals surface area contributed by atoms with Crippen LogP contribution in [0.5, 0.6) is 0 Å². The summed E-state index contributed by atoms with van der Waals surface area (Å²) in [6.07, 6.45) is 2.28. The monoisotopic (exact) mass is 288 g/mol. The highest BCUT2D eigenvalue weighted by molar-refractivity contribution is 7.99. The van der Waals surface area contributed by atoms with Crippen molar-refractivity contribution in [2.24, 2.45) is 0 Å². The third-order valence-corrected chi connectivity index (χ3v) is 4.43. The van der Waals surface area contributed by atoms with Crippen molar-refractivity contribution in [1.82, 2.24) is 0 Å². The minimum atomic E-state index is -0.0113. The highest BCUT2D eigenvalue weighted by Crippen LogP contribution is 2.37. The van der Waals surface area contributed by atoms with Gasteiger partial charge in [-0.2, -0.15) is 0 Å². The first-order valence-electron chi connectivity index (χ1n) is 6.61. The van der Waals surface area contributed by atoms with E-state index in [9.17, 15) is 4.79 Å². The lowest BCUT2D eigenvalue weighted by atomic mass is 10.1. The van der Waals surface area contributed by atoms with Crippen molar-refractivity contribution in [1.29, 1.82) is 0 Å². The van der Waals surface area contributed by atoms with Crippen molar-refractivity contribution in [3.63, 3.8) is 0 Å². The second kappa shape index (κ2) is 5.25. The average Bonchev–Trinajstić information content (AvgIpc) is 2.94.